The Morgan fingerprint density at radius 1 is 1.19 bits per heavy atom. The van der Waals surface area contributed by atoms with Gasteiger partial charge in [-0.2, -0.15) is 0 Å². The minimum absolute atomic E-state index is 0.0988. The lowest BCUT2D eigenvalue weighted by Crippen LogP contribution is -2.39. The van der Waals surface area contributed by atoms with Gasteiger partial charge < -0.3 is 9.47 Å². The van der Waals surface area contributed by atoms with Gasteiger partial charge in [0.2, 0.25) is 5.91 Å². The molecule has 2 aromatic carbocycles. The minimum Gasteiger partial charge on any atom is -0.342 e. The van der Waals surface area contributed by atoms with Crippen molar-refractivity contribution in [3.05, 3.63) is 65.7 Å². The molecule has 1 aromatic heterocycles. The van der Waals surface area contributed by atoms with Gasteiger partial charge in [0.25, 0.3) is 0 Å². The number of piperidine rings is 1. The molecule has 0 saturated carbocycles. The second-order valence-corrected chi connectivity index (χ2v) is 7.29. The van der Waals surface area contributed by atoms with E-state index in [4.69, 9.17) is 4.98 Å². The predicted molar refractivity (Wildman–Crippen MR) is 104 cm³/mol. The summed E-state index contributed by atoms with van der Waals surface area (Å²) in [7, 11) is 2.05. The molecule has 140 valence electrons. The number of carbonyl (C=O) groups excluding carboxylic acids is 1. The van der Waals surface area contributed by atoms with Crippen LogP contribution in [-0.2, 0) is 18.3 Å². The molecule has 1 aliphatic heterocycles. The van der Waals surface area contributed by atoms with Gasteiger partial charge in [-0.05, 0) is 43.0 Å². The summed E-state index contributed by atoms with van der Waals surface area (Å²) in [5, 5.41) is 0. The standard InChI is InChI=1S/C22H24FN3O/c1-25-20-11-5-4-10-19(20)24-22(25)17-8-6-14-26(15-17)21(27)13-12-16-7-2-3-9-18(16)23/h2-5,7,9-11,17H,6,8,12-15H2,1H3. The molecule has 1 fully saturated rings. The van der Waals surface area contributed by atoms with Gasteiger partial charge in [-0.3, -0.25) is 4.79 Å². The van der Waals surface area contributed by atoms with Crippen molar-refractivity contribution in [3.63, 3.8) is 0 Å². The van der Waals surface area contributed by atoms with E-state index in [1.165, 1.54) is 6.07 Å². The van der Waals surface area contributed by atoms with Gasteiger partial charge in [0.1, 0.15) is 11.6 Å². The first-order chi connectivity index (χ1) is 13.1. The number of hydrogen-bond donors (Lipinski definition) is 0. The number of carbonyl (C=O) groups is 1. The lowest BCUT2D eigenvalue weighted by molar-refractivity contribution is -0.132. The Labute approximate surface area is 158 Å². The highest BCUT2D eigenvalue weighted by atomic mass is 19.1. The Hall–Kier alpha value is -2.69. The van der Waals surface area contributed by atoms with Crippen molar-refractivity contribution in [2.45, 2.75) is 31.6 Å². The van der Waals surface area contributed by atoms with Crippen LogP contribution in [0.1, 0.15) is 36.6 Å². The maximum Gasteiger partial charge on any atom is 0.222 e. The van der Waals surface area contributed by atoms with Gasteiger partial charge in [-0.25, -0.2) is 9.37 Å². The maximum atomic E-state index is 13.8. The van der Waals surface area contributed by atoms with Gasteiger partial charge in [0.15, 0.2) is 0 Å². The Morgan fingerprint density at radius 3 is 2.78 bits per heavy atom. The number of aromatic nitrogens is 2. The second kappa shape index (κ2) is 7.51. The van der Waals surface area contributed by atoms with Gasteiger partial charge in [0, 0.05) is 32.5 Å². The maximum absolute atomic E-state index is 13.8. The fraction of sp³-hybridized carbons (Fsp3) is 0.364. The summed E-state index contributed by atoms with van der Waals surface area (Å²) >= 11 is 0. The Morgan fingerprint density at radius 2 is 1.96 bits per heavy atom. The summed E-state index contributed by atoms with van der Waals surface area (Å²) in [6.45, 7) is 1.46. The fourth-order valence-corrected chi connectivity index (χ4v) is 4.04. The van der Waals surface area contributed by atoms with Crippen LogP contribution in [-0.4, -0.2) is 33.4 Å². The molecule has 1 amide bonds. The van der Waals surface area contributed by atoms with Crippen molar-refractivity contribution >= 4 is 16.9 Å². The topological polar surface area (TPSA) is 38.1 Å². The van der Waals surface area contributed by atoms with E-state index >= 15 is 0 Å². The van der Waals surface area contributed by atoms with E-state index in [9.17, 15) is 9.18 Å². The highest BCUT2D eigenvalue weighted by Crippen LogP contribution is 2.29. The molecule has 0 spiro atoms. The summed E-state index contributed by atoms with van der Waals surface area (Å²) in [5.41, 5.74) is 2.73. The lowest BCUT2D eigenvalue weighted by Gasteiger charge is -2.32. The second-order valence-electron chi connectivity index (χ2n) is 7.29. The molecule has 1 aliphatic rings. The van der Waals surface area contributed by atoms with Crippen molar-refractivity contribution in [3.8, 4) is 0 Å². The van der Waals surface area contributed by atoms with E-state index in [0.717, 1.165) is 36.2 Å². The van der Waals surface area contributed by atoms with Gasteiger partial charge >= 0.3 is 0 Å². The third kappa shape index (κ3) is 3.59. The molecule has 0 aliphatic carbocycles. The van der Waals surface area contributed by atoms with Crippen LogP contribution < -0.4 is 0 Å². The molecule has 27 heavy (non-hydrogen) atoms. The highest BCUT2D eigenvalue weighted by molar-refractivity contribution is 5.77. The van der Waals surface area contributed by atoms with Crippen molar-refractivity contribution in [2.24, 2.45) is 7.05 Å². The highest BCUT2D eigenvalue weighted by Gasteiger charge is 2.27. The molecule has 1 unspecified atom stereocenters. The Kier molecular flexibility index (Phi) is 4.92. The van der Waals surface area contributed by atoms with Gasteiger partial charge in [-0.15, -0.1) is 0 Å². The molecule has 0 bridgehead atoms. The third-order valence-corrected chi connectivity index (χ3v) is 5.53. The van der Waals surface area contributed by atoms with Gasteiger partial charge in [-0.1, -0.05) is 30.3 Å². The smallest absolute Gasteiger partial charge is 0.222 e. The van der Waals surface area contributed by atoms with E-state index in [0.29, 0.717) is 24.9 Å². The number of amides is 1. The zero-order valence-electron chi connectivity index (χ0n) is 15.6. The molecule has 3 aromatic rings. The van der Waals surface area contributed by atoms with Crippen LogP contribution in [0.2, 0.25) is 0 Å². The van der Waals surface area contributed by atoms with Crippen molar-refractivity contribution in [2.75, 3.05) is 13.1 Å². The van der Waals surface area contributed by atoms with Crippen LogP contribution in [0.25, 0.3) is 11.0 Å². The number of fused-ring (bicyclic) bond motifs is 1. The first kappa shape index (κ1) is 17.7. The zero-order chi connectivity index (χ0) is 18.8. The number of aryl methyl sites for hydroxylation is 2. The molecule has 4 rings (SSSR count). The van der Waals surface area contributed by atoms with Crippen LogP contribution in [0.3, 0.4) is 0 Å². The zero-order valence-corrected chi connectivity index (χ0v) is 15.6. The number of hydrogen-bond acceptors (Lipinski definition) is 2. The number of likely N-dealkylation sites (tertiary alicyclic amines) is 1. The minimum atomic E-state index is -0.235. The largest absolute Gasteiger partial charge is 0.342 e. The molecule has 4 nitrogen and oxygen atoms in total. The SMILES string of the molecule is Cn1c(C2CCCN(C(=O)CCc3ccccc3F)C2)nc2ccccc21. The molecule has 5 heteroatoms. The van der Waals surface area contributed by atoms with E-state index in [-0.39, 0.29) is 17.6 Å². The number of para-hydroxylation sites is 2. The average molecular weight is 365 g/mol. The van der Waals surface area contributed by atoms with Crippen molar-refractivity contribution in [1.82, 2.24) is 14.5 Å². The molecule has 1 saturated heterocycles. The van der Waals surface area contributed by atoms with E-state index in [1.807, 2.05) is 36.2 Å². The third-order valence-electron chi connectivity index (χ3n) is 5.53. The van der Waals surface area contributed by atoms with Crippen LogP contribution in [0, 0.1) is 5.82 Å². The van der Waals surface area contributed by atoms with Crippen molar-refractivity contribution < 1.29 is 9.18 Å². The number of nitrogens with zero attached hydrogens (tertiary/aromatic N) is 3. The summed E-state index contributed by atoms with van der Waals surface area (Å²) < 4.78 is 15.9. The first-order valence-corrected chi connectivity index (χ1v) is 9.56. The quantitative estimate of drug-likeness (QED) is 0.700. The van der Waals surface area contributed by atoms with Crippen LogP contribution >= 0.6 is 0 Å². The summed E-state index contributed by atoms with van der Waals surface area (Å²) in [6.07, 6.45) is 2.79. The summed E-state index contributed by atoms with van der Waals surface area (Å²) in [4.78, 5) is 19.4. The molecular formula is C22H24FN3O. The van der Waals surface area contributed by atoms with Crippen LogP contribution in [0.5, 0.6) is 0 Å². The molecule has 0 radical (unpaired) electrons. The normalized spacial score (nSPS) is 17.4. The van der Waals surface area contributed by atoms with E-state index < -0.39 is 0 Å². The molecule has 1 atom stereocenters. The first-order valence-electron chi connectivity index (χ1n) is 9.56. The monoisotopic (exact) mass is 365 g/mol. The number of halogens is 1. The Bertz CT molecular complexity index is 965. The number of rotatable bonds is 4. The summed E-state index contributed by atoms with van der Waals surface area (Å²) in [6, 6.07) is 14.8. The van der Waals surface area contributed by atoms with Gasteiger partial charge in [0.05, 0.1) is 11.0 Å². The molecule has 2 heterocycles. The van der Waals surface area contributed by atoms with Crippen molar-refractivity contribution in [1.29, 1.82) is 0 Å². The van der Waals surface area contributed by atoms with E-state index in [1.54, 1.807) is 12.1 Å². The Balaban J connectivity index is 1.45. The average Bonchev–Trinajstić information content (AvgIpc) is 3.04. The fourth-order valence-electron chi connectivity index (χ4n) is 4.04. The predicted octanol–water partition coefficient (Wildman–Crippen LogP) is 4.05. The molecule has 0 N–H and O–H groups in total. The lowest BCUT2D eigenvalue weighted by atomic mass is 9.96. The van der Waals surface area contributed by atoms with E-state index in [2.05, 4.69) is 10.6 Å². The van der Waals surface area contributed by atoms with Crippen LogP contribution in [0.4, 0.5) is 4.39 Å². The summed E-state index contributed by atoms with van der Waals surface area (Å²) in [5.74, 6) is 1.15. The molecular weight excluding hydrogens is 341 g/mol. The van der Waals surface area contributed by atoms with Crippen LogP contribution in [0.15, 0.2) is 48.5 Å². The number of benzene rings is 2. The number of imidazole rings is 1.